The lowest BCUT2D eigenvalue weighted by molar-refractivity contribution is -0.162. The number of likely N-dealkylation sites (N-methyl/N-ethyl adjacent to an activating group) is 1. The van der Waals surface area contributed by atoms with Crippen LogP contribution in [0.1, 0.15) is 30.0 Å². The molecule has 2 fully saturated rings. The first kappa shape index (κ1) is 19.8. The van der Waals surface area contributed by atoms with E-state index in [0.717, 1.165) is 24.2 Å². The number of nitrogens with one attached hydrogen (secondary N) is 1. The van der Waals surface area contributed by atoms with Gasteiger partial charge in [0.05, 0.1) is 11.6 Å². The molecule has 148 valence electrons. The van der Waals surface area contributed by atoms with Gasteiger partial charge < -0.3 is 25.0 Å². The van der Waals surface area contributed by atoms with Crippen LogP contribution in [0.2, 0.25) is 0 Å². The third-order valence-electron chi connectivity index (χ3n) is 5.76. The molecule has 2 aliphatic rings. The average Bonchev–Trinajstić information content (AvgIpc) is 2.65. The van der Waals surface area contributed by atoms with Crippen LogP contribution < -0.4 is 5.32 Å². The van der Waals surface area contributed by atoms with Crippen LogP contribution in [0.15, 0.2) is 24.3 Å². The summed E-state index contributed by atoms with van der Waals surface area (Å²) in [7, 11) is 3.72. The number of carbonyl (C=O) groups excluding carboxylic acids is 2. The molecule has 0 bridgehead atoms. The Morgan fingerprint density at radius 2 is 1.96 bits per heavy atom. The van der Waals surface area contributed by atoms with E-state index in [2.05, 4.69) is 10.2 Å². The van der Waals surface area contributed by atoms with Crippen LogP contribution in [0.25, 0.3) is 0 Å². The summed E-state index contributed by atoms with van der Waals surface area (Å²) in [6, 6.07) is 7.21. The zero-order valence-corrected chi connectivity index (χ0v) is 16.3. The number of piperidine rings is 1. The van der Waals surface area contributed by atoms with Gasteiger partial charge >= 0.3 is 0 Å². The van der Waals surface area contributed by atoms with Crippen molar-refractivity contribution in [3.05, 3.63) is 35.4 Å². The maximum Gasteiger partial charge on any atom is 0.251 e. The molecule has 27 heavy (non-hydrogen) atoms. The van der Waals surface area contributed by atoms with Gasteiger partial charge in [0, 0.05) is 26.7 Å². The van der Waals surface area contributed by atoms with Crippen LogP contribution in [0, 0.1) is 6.92 Å². The van der Waals surface area contributed by atoms with E-state index in [0.29, 0.717) is 12.8 Å². The third kappa shape index (κ3) is 4.31. The Balaban J connectivity index is 1.73. The average molecular weight is 375 g/mol. The Morgan fingerprint density at radius 1 is 1.30 bits per heavy atom. The lowest BCUT2D eigenvalue weighted by atomic mass is 9.91. The van der Waals surface area contributed by atoms with E-state index in [9.17, 15) is 14.7 Å². The van der Waals surface area contributed by atoms with E-state index in [1.54, 1.807) is 11.9 Å². The Kier molecular flexibility index (Phi) is 5.83. The van der Waals surface area contributed by atoms with E-state index in [-0.39, 0.29) is 25.0 Å². The van der Waals surface area contributed by atoms with Gasteiger partial charge in [-0.15, -0.1) is 0 Å². The first-order valence-corrected chi connectivity index (χ1v) is 9.42. The highest BCUT2D eigenvalue weighted by atomic mass is 16.5. The van der Waals surface area contributed by atoms with E-state index < -0.39 is 17.7 Å². The zero-order chi connectivity index (χ0) is 19.6. The number of aliphatic hydroxyl groups is 1. The highest BCUT2D eigenvalue weighted by Gasteiger charge is 2.41. The fraction of sp³-hybridized carbons (Fsp3) is 0.600. The second-order valence-electron chi connectivity index (χ2n) is 7.78. The SMILES string of the molecule is Cc1ccccc1[C@@H]1[C@@H](C(=O)NCC2(O)CCN(C)CC2)OCC(=O)N1C. The summed E-state index contributed by atoms with van der Waals surface area (Å²) in [5, 5.41) is 13.6. The summed E-state index contributed by atoms with van der Waals surface area (Å²) in [6.07, 6.45) is 0.438. The first-order chi connectivity index (χ1) is 12.8. The predicted octanol–water partition coefficient (Wildman–Crippen LogP) is 0.466. The van der Waals surface area contributed by atoms with Crippen LogP contribution in [0.4, 0.5) is 0 Å². The number of hydrogen-bond acceptors (Lipinski definition) is 5. The summed E-state index contributed by atoms with van der Waals surface area (Å²) in [5.41, 5.74) is 1.00. The fourth-order valence-corrected chi connectivity index (χ4v) is 3.79. The van der Waals surface area contributed by atoms with Crippen molar-refractivity contribution in [3.63, 3.8) is 0 Å². The van der Waals surface area contributed by atoms with Crippen molar-refractivity contribution in [3.8, 4) is 0 Å². The predicted molar refractivity (Wildman–Crippen MR) is 101 cm³/mol. The number of rotatable bonds is 4. The van der Waals surface area contributed by atoms with Gasteiger partial charge in [0.25, 0.3) is 5.91 Å². The number of morpholine rings is 1. The van der Waals surface area contributed by atoms with Gasteiger partial charge in [0.2, 0.25) is 5.91 Å². The summed E-state index contributed by atoms with van der Waals surface area (Å²) in [5.74, 6) is -0.448. The van der Waals surface area contributed by atoms with Crippen molar-refractivity contribution in [2.75, 3.05) is 40.3 Å². The molecule has 3 rings (SSSR count). The molecule has 2 saturated heterocycles. The summed E-state index contributed by atoms with van der Waals surface area (Å²) in [6.45, 7) is 3.63. The maximum absolute atomic E-state index is 12.9. The minimum atomic E-state index is -0.892. The van der Waals surface area contributed by atoms with Crippen molar-refractivity contribution in [2.24, 2.45) is 0 Å². The van der Waals surface area contributed by atoms with E-state index in [4.69, 9.17) is 4.74 Å². The molecule has 7 nitrogen and oxygen atoms in total. The number of likely N-dealkylation sites (tertiary alicyclic amines) is 1. The van der Waals surface area contributed by atoms with E-state index in [1.807, 2.05) is 38.2 Å². The molecule has 0 radical (unpaired) electrons. The molecule has 0 aliphatic carbocycles. The number of ether oxygens (including phenoxy) is 1. The molecule has 0 saturated carbocycles. The lowest BCUT2D eigenvalue weighted by Crippen LogP contribution is -2.56. The van der Waals surface area contributed by atoms with Crippen LogP contribution >= 0.6 is 0 Å². The van der Waals surface area contributed by atoms with E-state index >= 15 is 0 Å². The van der Waals surface area contributed by atoms with Crippen LogP contribution in [-0.4, -0.2) is 78.8 Å². The molecule has 1 aromatic rings. The van der Waals surface area contributed by atoms with Gasteiger partial charge in [0.1, 0.15) is 6.61 Å². The number of nitrogens with zero attached hydrogens (tertiary/aromatic N) is 2. The molecule has 2 amide bonds. The summed E-state index contributed by atoms with van der Waals surface area (Å²) >= 11 is 0. The minimum Gasteiger partial charge on any atom is -0.388 e. The van der Waals surface area contributed by atoms with Gasteiger partial charge in [-0.1, -0.05) is 24.3 Å². The van der Waals surface area contributed by atoms with Crippen molar-refractivity contribution < 1.29 is 19.4 Å². The molecular formula is C20H29N3O4. The largest absolute Gasteiger partial charge is 0.388 e. The topological polar surface area (TPSA) is 82.1 Å². The maximum atomic E-state index is 12.9. The molecule has 1 aromatic carbocycles. The third-order valence-corrected chi connectivity index (χ3v) is 5.76. The van der Waals surface area contributed by atoms with Gasteiger partial charge in [-0.25, -0.2) is 0 Å². The number of benzene rings is 1. The van der Waals surface area contributed by atoms with Crippen LogP contribution in [0.5, 0.6) is 0 Å². The number of amides is 2. The lowest BCUT2D eigenvalue weighted by Gasteiger charge is -2.40. The molecule has 0 spiro atoms. The van der Waals surface area contributed by atoms with Gasteiger partial charge in [-0.3, -0.25) is 9.59 Å². The second-order valence-corrected chi connectivity index (χ2v) is 7.78. The fourth-order valence-electron chi connectivity index (χ4n) is 3.79. The van der Waals surface area contributed by atoms with Gasteiger partial charge in [-0.2, -0.15) is 0 Å². The second kappa shape index (κ2) is 7.96. The van der Waals surface area contributed by atoms with Crippen LogP contribution in [-0.2, 0) is 14.3 Å². The Bertz CT molecular complexity index is 700. The zero-order valence-electron chi connectivity index (χ0n) is 16.3. The smallest absolute Gasteiger partial charge is 0.251 e. The Labute approximate surface area is 160 Å². The molecule has 2 atom stereocenters. The normalized spacial score (nSPS) is 26.1. The van der Waals surface area contributed by atoms with Gasteiger partial charge in [0.15, 0.2) is 6.10 Å². The molecular weight excluding hydrogens is 346 g/mol. The van der Waals surface area contributed by atoms with Crippen molar-refractivity contribution in [1.82, 2.24) is 15.1 Å². The highest BCUT2D eigenvalue weighted by Crippen LogP contribution is 2.31. The standard InChI is InChI=1S/C20H29N3O4/c1-14-6-4-5-7-15(14)17-18(27-12-16(24)23(17)3)19(25)21-13-20(26)8-10-22(2)11-9-20/h4-7,17-18,26H,8-13H2,1-3H3,(H,21,25)/t17-,18+/m1/s1. The molecule has 2 aliphatic heterocycles. The van der Waals surface area contributed by atoms with Gasteiger partial charge in [-0.05, 0) is 37.9 Å². The molecule has 2 heterocycles. The number of hydrogen-bond donors (Lipinski definition) is 2. The van der Waals surface area contributed by atoms with Crippen LogP contribution in [0.3, 0.4) is 0 Å². The molecule has 7 heteroatoms. The van der Waals surface area contributed by atoms with E-state index in [1.165, 1.54) is 0 Å². The monoisotopic (exact) mass is 375 g/mol. The number of carbonyl (C=O) groups is 2. The Morgan fingerprint density at radius 3 is 2.63 bits per heavy atom. The molecule has 2 N–H and O–H groups in total. The quantitative estimate of drug-likeness (QED) is 0.799. The van der Waals surface area contributed by atoms with Crippen molar-refractivity contribution in [2.45, 2.75) is 37.5 Å². The molecule has 0 aromatic heterocycles. The first-order valence-electron chi connectivity index (χ1n) is 9.42. The number of aryl methyl sites for hydroxylation is 1. The Hall–Kier alpha value is -1.96. The summed E-state index contributed by atoms with van der Waals surface area (Å²) in [4.78, 5) is 28.8. The summed E-state index contributed by atoms with van der Waals surface area (Å²) < 4.78 is 5.64. The van der Waals surface area contributed by atoms with Crippen molar-refractivity contribution >= 4 is 11.8 Å². The minimum absolute atomic E-state index is 0.119. The molecule has 0 unspecified atom stereocenters. The van der Waals surface area contributed by atoms with Crippen molar-refractivity contribution in [1.29, 1.82) is 0 Å². The highest BCUT2D eigenvalue weighted by molar-refractivity contribution is 5.86.